The van der Waals surface area contributed by atoms with Crippen molar-refractivity contribution in [2.75, 3.05) is 0 Å². The molecule has 0 aliphatic rings. The predicted molar refractivity (Wildman–Crippen MR) is 75.6 cm³/mol. The highest BCUT2D eigenvalue weighted by molar-refractivity contribution is 6.28. The third-order valence-corrected chi connectivity index (χ3v) is 2.74. The summed E-state index contributed by atoms with van der Waals surface area (Å²) in [7, 11) is 0. The van der Waals surface area contributed by atoms with E-state index in [0.29, 0.717) is 5.56 Å². The number of fused-ring (bicyclic) bond motifs is 1. The smallest absolute Gasteiger partial charge is 0.223 e. The molecule has 0 spiro atoms. The number of H-pyrrole nitrogens is 1. The number of aromatic amines is 1. The molecular weight excluding hydrogens is 265 g/mol. The molecule has 98 valence electrons. The van der Waals surface area contributed by atoms with Crippen LogP contribution in [0.3, 0.4) is 0 Å². The van der Waals surface area contributed by atoms with Crippen molar-refractivity contribution in [1.82, 2.24) is 15.0 Å². The molecule has 3 aromatic rings. The van der Waals surface area contributed by atoms with Gasteiger partial charge in [0.15, 0.2) is 5.82 Å². The van der Waals surface area contributed by atoms with Crippen molar-refractivity contribution in [3.05, 3.63) is 47.8 Å². The summed E-state index contributed by atoms with van der Waals surface area (Å²) in [6.07, 6.45) is 2.79. The third-order valence-electron chi connectivity index (χ3n) is 2.56. The molecule has 0 aliphatic heterocycles. The Morgan fingerprint density at radius 3 is 2.74 bits per heavy atom. The van der Waals surface area contributed by atoms with Gasteiger partial charge in [-0.25, -0.2) is 14.4 Å². The molecule has 0 radical (unpaired) electrons. The first-order valence-electron chi connectivity index (χ1n) is 6.00. The molecule has 2 aromatic heterocycles. The predicted octanol–water partition coefficient (Wildman–Crippen LogP) is 4.44. The summed E-state index contributed by atoms with van der Waals surface area (Å²) >= 11 is 5.69. The minimum atomic E-state index is -0.487. The zero-order valence-electron chi connectivity index (χ0n) is 10.6. The average Bonchev–Trinajstić information content (AvgIpc) is 2.88. The van der Waals surface area contributed by atoms with Gasteiger partial charge in [0, 0.05) is 22.7 Å². The van der Waals surface area contributed by atoms with E-state index in [4.69, 9.17) is 11.6 Å². The van der Waals surface area contributed by atoms with Crippen molar-refractivity contribution in [2.45, 2.75) is 13.8 Å². The van der Waals surface area contributed by atoms with Crippen LogP contribution in [0, 0.1) is 5.82 Å². The average molecular weight is 278 g/mol. The molecule has 1 aromatic carbocycles. The van der Waals surface area contributed by atoms with Crippen LogP contribution in [0.1, 0.15) is 13.8 Å². The van der Waals surface area contributed by atoms with Gasteiger partial charge in [0.2, 0.25) is 5.28 Å². The lowest BCUT2D eigenvalue weighted by Gasteiger charge is -2.00. The van der Waals surface area contributed by atoms with E-state index in [1.165, 1.54) is 0 Å². The van der Waals surface area contributed by atoms with E-state index < -0.39 is 5.82 Å². The monoisotopic (exact) mass is 277 g/mol. The highest BCUT2D eigenvalue weighted by Gasteiger charge is 2.12. The first-order chi connectivity index (χ1) is 9.25. The largest absolute Gasteiger partial charge is 0.360 e. The normalized spacial score (nSPS) is 10.1. The number of aromatic nitrogens is 3. The summed E-state index contributed by atoms with van der Waals surface area (Å²) in [6, 6.07) is 7.61. The molecule has 0 unspecified atom stereocenters. The van der Waals surface area contributed by atoms with Crippen LogP contribution < -0.4 is 0 Å². The molecule has 2 heterocycles. The zero-order valence-corrected chi connectivity index (χ0v) is 11.4. The van der Waals surface area contributed by atoms with Crippen LogP contribution in [0.4, 0.5) is 4.39 Å². The summed E-state index contributed by atoms with van der Waals surface area (Å²) in [6.45, 7) is 4.00. The lowest BCUT2D eigenvalue weighted by Crippen LogP contribution is -1.91. The number of halogens is 2. The Balaban J connectivity index is 0.000000637. The molecule has 0 atom stereocenters. The van der Waals surface area contributed by atoms with Crippen LogP contribution in [0.15, 0.2) is 36.7 Å². The Kier molecular flexibility index (Phi) is 4.12. The van der Waals surface area contributed by atoms with Crippen LogP contribution in [0.5, 0.6) is 0 Å². The summed E-state index contributed by atoms with van der Waals surface area (Å²) in [5.41, 5.74) is 1.82. The van der Waals surface area contributed by atoms with Crippen LogP contribution in [-0.2, 0) is 0 Å². The molecule has 1 N–H and O–H groups in total. The third kappa shape index (κ3) is 2.58. The van der Waals surface area contributed by atoms with Gasteiger partial charge in [0.1, 0.15) is 5.69 Å². The van der Waals surface area contributed by atoms with Gasteiger partial charge in [-0.3, -0.25) is 0 Å². The van der Waals surface area contributed by atoms with Crippen LogP contribution in [-0.4, -0.2) is 15.0 Å². The Bertz CT molecular complexity index is 694. The summed E-state index contributed by atoms with van der Waals surface area (Å²) in [5.74, 6) is -0.487. The second-order valence-electron chi connectivity index (χ2n) is 3.58. The lowest BCUT2D eigenvalue weighted by molar-refractivity contribution is 0.618. The van der Waals surface area contributed by atoms with Crippen molar-refractivity contribution in [3.8, 4) is 11.3 Å². The molecule has 19 heavy (non-hydrogen) atoms. The molecule has 0 saturated carbocycles. The highest BCUT2D eigenvalue weighted by atomic mass is 35.5. The van der Waals surface area contributed by atoms with E-state index in [1.807, 2.05) is 38.1 Å². The van der Waals surface area contributed by atoms with Crippen LogP contribution in [0.25, 0.3) is 22.2 Å². The van der Waals surface area contributed by atoms with Gasteiger partial charge < -0.3 is 4.98 Å². The van der Waals surface area contributed by atoms with Crippen molar-refractivity contribution < 1.29 is 4.39 Å². The van der Waals surface area contributed by atoms with Gasteiger partial charge in [-0.1, -0.05) is 32.0 Å². The van der Waals surface area contributed by atoms with Gasteiger partial charge >= 0.3 is 0 Å². The maximum Gasteiger partial charge on any atom is 0.223 e. The molecule has 0 bridgehead atoms. The molecule has 3 nitrogen and oxygen atoms in total. The topological polar surface area (TPSA) is 41.6 Å². The molecule has 0 saturated heterocycles. The van der Waals surface area contributed by atoms with Crippen molar-refractivity contribution in [1.29, 1.82) is 0 Å². The number of benzene rings is 1. The fourth-order valence-corrected chi connectivity index (χ4v) is 1.94. The highest BCUT2D eigenvalue weighted by Crippen LogP contribution is 2.29. The van der Waals surface area contributed by atoms with E-state index in [-0.39, 0.29) is 11.0 Å². The molecule has 0 fully saturated rings. The van der Waals surface area contributed by atoms with Gasteiger partial charge in [-0.15, -0.1) is 0 Å². The number of rotatable bonds is 1. The fraction of sp³-hybridized carbons (Fsp3) is 0.143. The number of nitrogens with one attached hydrogen (secondary N) is 1. The van der Waals surface area contributed by atoms with Gasteiger partial charge in [0.05, 0.1) is 6.20 Å². The van der Waals surface area contributed by atoms with Crippen molar-refractivity contribution in [3.63, 3.8) is 0 Å². The summed E-state index contributed by atoms with van der Waals surface area (Å²) in [4.78, 5) is 10.6. The zero-order chi connectivity index (χ0) is 13.8. The maximum absolute atomic E-state index is 13.7. The molecule has 5 heteroatoms. The van der Waals surface area contributed by atoms with E-state index in [1.54, 1.807) is 6.20 Å². The number of nitrogens with zero attached hydrogens (tertiary/aromatic N) is 2. The summed E-state index contributed by atoms with van der Waals surface area (Å²) < 4.78 is 13.7. The van der Waals surface area contributed by atoms with Crippen LogP contribution >= 0.6 is 11.6 Å². The Hall–Kier alpha value is -1.94. The van der Waals surface area contributed by atoms with Gasteiger partial charge in [-0.05, 0) is 17.7 Å². The summed E-state index contributed by atoms with van der Waals surface area (Å²) in [5, 5.41) is 0.938. The molecule has 3 rings (SSSR count). The molecule has 0 aliphatic carbocycles. The minimum absolute atomic E-state index is 0.0340. The minimum Gasteiger partial charge on any atom is -0.360 e. The van der Waals surface area contributed by atoms with E-state index in [2.05, 4.69) is 15.0 Å². The van der Waals surface area contributed by atoms with E-state index in [0.717, 1.165) is 17.1 Å². The molecule has 0 amide bonds. The standard InChI is InChI=1S/C12H7ClFN3.C2H6/c13-12-16-6-9(14)11(17-12)8-5-15-10-4-2-1-3-7(8)10;1-2/h1-6,15H;1-2H3. The maximum atomic E-state index is 13.7. The number of para-hydroxylation sites is 1. The first-order valence-corrected chi connectivity index (χ1v) is 6.38. The molecular formula is C14H13ClFN3. The van der Waals surface area contributed by atoms with Crippen molar-refractivity contribution in [2.24, 2.45) is 0 Å². The second-order valence-corrected chi connectivity index (χ2v) is 3.92. The lowest BCUT2D eigenvalue weighted by atomic mass is 10.1. The Morgan fingerprint density at radius 1 is 1.21 bits per heavy atom. The Morgan fingerprint density at radius 2 is 1.95 bits per heavy atom. The van der Waals surface area contributed by atoms with Crippen molar-refractivity contribution >= 4 is 22.5 Å². The first kappa shape index (κ1) is 13.5. The number of hydrogen-bond donors (Lipinski definition) is 1. The van der Waals surface area contributed by atoms with Gasteiger partial charge in [-0.2, -0.15) is 0 Å². The van der Waals surface area contributed by atoms with E-state index >= 15 is 0 Å². The second kappa shape index (κ2) is 5.80. The number of hydrogen-bond acceptors (Lipinski definition) is 2. The quantitative estimate of drug-likeness (QED) is 0.668. The van der Waals surface area contributed by atoms with E-state index in [9.17, 15) is 4.39 Å². The fourth-order valence-electron chi connectivity index (χ4n) is 1.80. The van der Waals surface area contributed by atoms with Crippen LogP contribution in [0.2, 0.25) is 5.28 Å². The SMILES string of the molecule is CC.Fc1cnc(Cl)nc1-c1c[nH]c2ccccc12. The van der Waals surface area contributed by atoms with Gasteiger partial charge in [0.25, 0.3) is 0 Å². The Labute approximate surface area is 115 Å².